The fourth-order valence-electron chi connectivity index (χ4n) is 3.35. The molecule has 3 atom stereocenters. The molecule has 3 rings (SSSR count). The molecule has 1 aromatic rings. The van der Waals surface area contributed by atoms with Gasteiger partial charge in [0, 0.05) is 18.2 Å². The third kappa shape index (κ3) is 2.45. The zero-order valence-electron chi connectivity index (χ0n) is 11.6. The number of rotatable bonds is 3. The molecule has 1 N–H and O–H groups in total. The first-order chi connectivity index (χ1) is 9.70. The number of hydrogen-bond acceptors (Lipinski definition) is 3. The van der Waals surface area contributed by atoms with Crippen molar-refractivity contribution >= 4 is 0 Å². The number of morpholine rings is 1. The molecule has 0 aromatic heterocycles. The molecule has 2 aliphatic heterocycles. The molecule has 0 aliphatic carbocycles. The Hall–Kier alpha value is -1.04. The fraction of sp³-hybridized carbons (Fsp3) is 0.600. The highest BCUT2D eigenvalue weighted by molar-refractivity contribution is 5.24. The van der Waals surface area contributed by atoms with Gasteiger partial charge < -0.3 is 10.1 Å². The minimum absolute atomic E-state index is 0.148. The van der Waals surface area contributed by atoms with Crippen LogP contribution in [0.3, 0.4) is 0 Å². The zero-order chi connectivity index (χ0) is 14.1. The smallest absolute Gasteiger partial charge is 0.163 e. The van der Waals surface area contributed by atoms with E-state index in [1.807, 2.05) is 0 Å². The molecule has 0 bridgehead atoms. The van der Waals surface area contributed by atoms with Gasteiger partial charge >= 0.3 is 0 Å². The van der Waals surface area contributed by atoms with Gasteiger partial charge in [0.1, 0.15) is 0 Å². The fourth-order valence-corrected chi connectivity index (χ4v) is 3.35. The first-order valence-electron chi connectivity index (χ1n) is 7.17. The van der Waals surface area contributed by atoms with Crippen LogP contribution in [0, 0.1) is 11.6 Å². The van der Waals surface area contributed by atoms with Crippen LogP contribution in [0.15, 0.2) is 18.2 Å². The van der Waals surface area contributed by atoms with E-state index < -0.39 is 11.6 Å². The highest BCUT2D eigenvalue weighted by Crippen LogP contribution is 2.30. The predicted octanol–water partition coefficient (Wildman–Crippen LogP) is 2.09. The van der Waals surface area contributed by atoms with E-state index in [2.05, 4.69) is 10.2 Å². The van der Waals surface area contributed by atoms with Crippen molar-refractivity contribution in [2.75, 3.05) is 26.7 Å². The van der Waals surface area contributed by atoms with Crippen LogP contribution < -0.4 is 5.32 Å². The van der Waals surface area contributed by atoms with Gasteiger partial charge in [-0.05, 0) is 32.5 Å². The standard InChI is InChI=1S/C15H20F2N2O/c1-18-15(11-5-2-6-12(16)14(11)17)13-8-19-7-3-4-10(19)9-20-13/h2,5-6,10,13,15,18H,3-4,7-9H2,1H3. The molecule has 2 saturated heterocycles. The Labute approximate surface area is 117 Å². The van der Waals surface area contributed by atoms with Crippen molar-refractivity contribution in [1.29, 1.82) is 0 Å². The average Bonchev–Trinajstić information content (AvgIpc) is 2.92. The maximum atomic E-state index is 14.0. The zero-order valence-corrected chi connectivity index (χ0v) is 11.6. The van der Waals surface area contributed by atoms with Gasteiger partial charge in [0.05, 0.1) is 18.8 Å². The molecule has 0 radical (unpaired) electrons. The lowest BCUT2D eigenvalue weighted by Gasteiger charge is -2.39. The van der Waals surface area contributed by atoms with Crippen molar-refractivity contribution in [3.05, 3.63) is 35.4 Å². The summed E-state index contributed by atoms with van der Waals surface area (Å²) in [5.74, 6) is -1.59. The molecule has 20 heavy (non-hydrogen) atoms. The van der Waals surface area contributed by atoms with E-state index >= 15 is 0 Å². The second kappa shape index (κ2) is 5.76. The minimum atomic E-state index is -0.808. The van der Waals surface area contributed by atoms with E-state index in [0.717, 1.165) is 19.2 Å². The van der Waals surface area contributed by atoms with Gasteiger partial charge in [0.2, 0.25) is 0 Å². The number of nitrogens with zero attached hydrogens (tertiary/aromatic N) is 1. The van der Waals surface area contributed by atoms with E-state index in [4.69, 9.17) is 4.74 Å². The van der Waals surface area contributed by atoms with Gasteiger partial charge in [-0.2, -0.15) is 0 Å². The monoisotopic (exact) mass is 282 g/mol. The molecular weight excluding hydrogens is 262 g/mol. The lowest BCUT2D eigenvalue weighted by Crippen LogP contribution is -2.50. The Morgan fingerprint density at radius 2 is 2.25 bits per heavy atom. The summed E-state index contributed by atoms with van der Waals surface area (Å²) in [6, 6.07) is 4.48. The normalized spacial score (nSPS) is 28.4. The third-order valence-corrected chi connectivity index (χ3v) is 4.42. The Morgan fingerprint density at radius 1 is 1.40 bits per heavy atom. The first kappa shape index (κ1) is 13.9. The summed E-state index contributed by atoms with van der Waals surface area (Å²) in [4.78, 5) is 2.40. The van der Waals surface area contributed by atoms with Gasteiger partial charge in [-0.15, -0.1) is 0 Å². The summed E-state index contributed by atoms with van der Waals surface area (Å²) in [5, 5.41) is 3.08. The molecule has 2 fully saturated rings. The highest BCUT2D eigenvalue weighted by Gasteiger charge is 2.36. The summed E-state index contributed by atoms with van der Waals surface area (Å²) in [6.07, 6.45) is 2.22. The number of likely N-dealkylation sites (N-methyl/N-ethyl adjacent to an activating group) is 1. The molecule has 110 valence electrons. The summed E-state index contributed by atoms with van der Waals surface area (Å²) in [5.41, 5.74) is 0.343. The molecule has 3 unspecified atom stereocenters. The van der Waals surface area contributed by atoms with Crippen molar-refractivity contribution < 1.29 is 13.5 Å². The van der Waals surface area contributed by atoms with Crippen LogP contribution in [0.4, 0.5) is 8.78 Å². The highest BCUT2D eigenvalue weighted by atomic mass is 19.2. The van der Waals surface area contributed by atoms with Gasteiger partial charge in [0.15, 0.2) is 11.6 Å². The van der Waals surface area contributed by atoms with Crippen molar-refractivity contribution in [3.8, 4) is 0 Å². The Kier molecular flexibility index (Phi) is 4.01. The molecular formula is C15H20F2N2O. The van der Waals surface area contributed by atoms with E-state index in [0.29, 0.717) is 18.2 Å². The maximum Gasteiger partial charge on any atom is 0.163 e. The molecule has 3 nitrogen and oxygen atoms in total. The Bertz CT molecular complexity index is 483. The van der Waals surface area contributed by atoms with Crippen molar-refractivity contribution in [3.63, 3.8) is 0 Å². The van der Waals surface area contributed by atoms with Gasteiger partial charge in [-0.3, -0.25) is 4.90 Å². The van der Waals surface area contributed by atoms with Crippen molar-refractivity contribution in [1.82, 2.24) is 10.2 Å². The van der Waals surface area contributed by atoms with Crippen molar-refractivity contribution in [2.24, 2.45) is 0 Å². The number of fused-ring (bicyclic) bond motifs is 1. The number of benzene rings is 1. The van der Waals surface area contributed by atoms with Gasteiger partial charge in [0.25, 0.3) is 0 Å². The molecule has 2 aliphatic rings. The van der Waals surface area contributed by atoms with E-state index in [1.54, 1.807) is 19.2 Å². The SMILES string of the molecule is CNC(c1cccc(F)c1F)C1CN2CCCC2CO1. The molecule has 2 heterocycles. The third-order valence-electron chi connectivity index (χ3n) is 4.42. The van der Waals surface area contributed by atoms with E-state index in [1.165, 1.54) is 12.8 Å². The van der Waals surface area contributed by atoms with Crippen LogP contribution in [0.25, 0.3) is 0 Å². The van der Waals surface area contributed by atoms with E-state index in [-0.39, 0.29) is 12.1 Å². The Morgan fingerprint density at radius 3 is 3.05 bits per heavy atom. The summed E-state index contributed by atoms with van der Waals surface area (Å²) in [6.45, 7) is 2.53. The summed E-state index contributed by atoms with van der Waals surface area (Å²) < 4.78 is 33.3. The second-order valence-electron chi connectivity index (χ2n) is 5.57. The number of halogens is 2. The van der Waals surface area contributed by atoms with Crippen LogP contribution >= 0.6 is 0 Å². The molecule has 0 amide bonds. The van der Waals surface area contributed by atoms with Crippen LogP contribution in [0.5, 0.6) is 0 Å². The van der Waals surface area contributed by atoms with Crippen molar-refractivity contribution in [2.45, 2.75) is 31.0 Å². The number of nitrogens with one attached hydrogen (secondary N) is 1. The second-order valence-corrected chi connectivity index (χ2v) is 5.57. The summed E-state index contributed by atoms with van der Waals surface area (Å²) >= 11 is 0. The number of hydrogen-bond donors (Lipinski definition) is 1. The predicted molar refractivity (Wildman–Crippen MR) is 72.5 cm³/mol. The van der Waals surface area contributed by atoms with Crippen LogP contribution in [-0.2, 0) is 4.74 Å². The average molecular weight is 282 g/mol. The molecule has 1 aromatic carbocycles. The van der Waals surface area contributed by atoms with E-state index in [9.17, 15) is 8.78 Å². The molecule has 0 spiro atoms. The van der Waals surface area contributed by atoms with Gasteiger partial charge in [-0.1, -0.05) is 12.1 Å². The first-order valence-corrected chi connectivity index (χ1v) is 7.17. The number of ether oxygens (including phenoxy) is 1. The largest absolute Gasteiger partial charge is 0.373 e. The molecule has 5 heteroatoms. The van der Waals surface area contributed by atoms with Crippen LogP contribution in [0.1, 0.15) is 24.4 Å². The maximum absolute atomic E-state index is 14.0. The Balaban J connectivity index is 1.81. The van der Waals surface area contributed by atoms with Crippen LogP contribution in [-0.4, -0.2) is 43.8 Å². The summed E-state index contributed by atoms with van der Waals surface area (Å²) in [7, 11) is 1.76. The minimum Gasteiger partial charge on any atom is -0.373 e. The van der Waals surface area contributed by atoms with Crippen LogP contribution in [0.2, 0.25) is 0 Å². The lowest BCUT2D eigenvalue weighted by atomic mass is 9.98. The quantitative estimate of drug-likeness (QED) is 0.919. The topological polar surface area (TPSA) is 24.5 Å². The molecule has 0 saturated carbocycles. The lowest BCUT2D eigenvalue weighted by molar-refractivity contribution is -0.0647. The van der Waals surface area contributed by atoms with Gasteiger partial charge in [-0.25, -0.2) is 8.78 Å².